The van der Waals surface area contributed by atoms with Gasteiger partial charge in [0.05, 0.1) is 37.4 Å². The van der Waals surface area contributed by atoms with E-state index in [1.54, 1.807) is 42.5 Å². The third-order valence-corrected chi connectivity index (χ3v) is 4.13. The average Bonchev–Trinajstić information content (AvgIpc) is 2.73. The molecule has 2 rings (SSSR count). The molecule has 0 saturated heterocycles. The van der Waals surface area contributed by atoms with Gasteiger partial charge in [-0.1, -0.05) is 12.1 Å². The zero-order valence-corrected chi connectivity index (χ0v) is 16.8. The molecule has 0 heterocycles. The van der Waals surface area contributed by atoms with Crippen molar-refractivity contribution in [3.05, 3.63) is 59.2 Å². The Hall–Kier alpha value is -3.53. The van der Waals surface area contributed by atoms with E-state index in [-0.39, 0.29) is 24.4 Å². The van der Waals surface area contributed by atoms with E-state index >= 15 is 0 Å². The Morgan fingerprint density at radius 1 is 1.03 bits per heavy atom. The fourth-order valence-corrected chi connectivity index (χ4v) is 2.68. The Kier molecular flexibility index (Phi) is 8.04. The first-order valence-electron chi connectivity index (χ1n) is 9.45. The number of carbonyl (C=O) groups is 2. The largest absolute Gasteiger partial charge is 0.490 e. The number of nitrogens with zero attached hydrogens (tertiary/aromatic N) is 1. The van der Waals surface area contributed by atoms with E-state index in [1.165, 1.54) is 0 Å². The van der Waals surface area contributed by atoms with Crippen molar-refractivity contribution in [2.24, 2.45) is 0 Å². The van der Waals surface area contributed by atoms with Crippen molar-refractivity contribution in [3.8, 4) is 17.6 Å². The maximum Gasteiger partial charge on any atom is 0.251 e. The highest BCUT2D eigenvalue weighted by molar-refractivity contribution is 5.97. The molecule has 2 aromatic carbocycles. The molecule has 152 valence electrons. The van der Waals surface area contributed by atoms with Crippen molar-refractivity contribution >= 4 is 11.8 Å². The van der Waals surface area contributed by atoms with Gasteiger partial charge in [-0.2, -0.15) is 5.26 Å². The second-order valence-corrected chi connectivity index (χ2v) is 6.23. The highest BCUT2D eigenvalue weighted by Gasteiger charge is 2.14. The van der Waals surface area contributed by atoms with E-state index in [9.17, 15) is 9.59 Å². The van der Waals surface area contributed by atoms with Crippen LogP contribution in [0.4, 0.5) is 0 Å². The Bertz CT molecular complexity index is 888. The van der Waals surface area contributed by atoms with Crippen LogP contribution < -0.4 is 20.1 Å². The summed E-state index contributed by atoms with van der Waals surface area (Å²) in [7, 11) is 0. The monoisotopic (exact) mass is 395 g/mol. The number of rotatable bonds is 9. The molecule has 29 heavy (non-hydrogen) atoms. The Morgan fingerprint density at radius 2 is 1.69 bits per heavy atom. The summed E-state index contributed by atoms with van der Waals surface area (Å²) < 4.78 is 11.0. The molecule has 0 saturated carbocycles. The fraction of sp³-hybridized carbons (Fsp3) is 0.318. The van der Waals surface area contributed by atoms with Gasteiger partial charge in [-0.15, -0.1) is 0 Å². The van der Waals surface area contributed by atoms with Crippen LogP contribution >= 0.6 is 0 Å². The Labute approximate surface area is 170 Å². The minimum absolute atomic E-state index is 0.156. The van der Waals surface area contributed by atoms with Gasteiger partial charge in [0.2, 0.25) is 5.91 Å². The van der Waals surface area contributed by atoms with Gasteiger partial charge in [0.15, 0.2) is 11.5 Å². The summed E-state index contributed by atoms with van der Waals surface area (Å²) in [6, 6.07) is 13.7. The van der Waals surface area contributed by atoms with E-state index in [0.29, 0.717) is 35.8 Å². The van der Waals surface area contributed by atoms with Gasteiger partial charge in [-0.3, -0.25) is 9.59 Å². The molecule has 2 aromatic rings. The van der Waals surface area contributed by atoms with Crippen molar-refractivity contribution in [1.82, 2.24) is 10.6 Å². The van der Waals surface area contributed by atoms with Crippen molar-refractivity contribution in [2.45, 2.75) is 26.8 Å². The number of hydrogen-bond acceptors (Lipinski definition) is 5. The van der Waals surface area contributed by atoms with E-state index in [0.717, 1.165) is 5.56 Å². The molecular formula is C22H25N3O4. The molecule has 1 unspecified atom stereocenters. The third kappa shape index (κ3) is 6.25. The van der Waals surface area contributed by atoms with Crippen molar-refractivity contribution in [3.63, 3.8) is 0 Å². The van der Waals surface area contributed by atoms with Crippen LogP contribution in [0.1, 0.15) is 48.3 Å². The molecule has 0 aliphatic rings. The predicted octanol–water partition coefficient (Wildman–Crippen LogP) is 2.96. The molecule has 0 aromatic heterocycles. The SMILES string of the molecule is CCOc1ccc(C(=O)NCC(=O)NC(C)c2ccc(C#N)cc2)cc1OCC. The summed E-state index contributed by atoms with van der Waals surface area (Å²) in [6.45, 7) is 6.33. The van der Waals surface area contributed by atoms with E-state index in [4.69, 9.17) is 14.7 Å². The highest BCUT2D eigenvalue weighted by Crippen LogP contribution is 2.28. The number of benzene rings is 2. The first-order valence-corrected chi connectivity index (χ1v) is 9.45. The normalized spacial score (nSPS) is 11.1. The third-order valence-electron chi connectivity index (χ3n) is 4.13. The molecule has 0 bridgehead atoms. The van der Waals surface area contributed by atoms with Crippen LogP contribution in [0.3, 0.4) is 0 Å². The first-order chi connectivity index (χ1) is 14.0. The van der Waals surface area contributed by atoms with Crippen molar-refractivity contribution < 1.29 is 19.1 Å². The zero-order chi connectivity index (χ0) is 21.2. The summed E-state index contributed by atoms with van der Waals surface area (Å²) in [6.07, 6.45) is 0. The number of amides is 2. The molecule has 1 atom stereocenters. The summed E-state index contributed by atoms with van der Waals surface area (Å²) in [5.74, 6) is 0.363. The van der Waals surface area contributed by atoms with Crippen LogP contribution in [0.25, 0.3) is 0 Å². The lowest BCUT2D eigenvalue weighted by Gasteiger charge is -2.15. The minimum Gasteiger partial charge on any atom is -0.490 e. The lowest BCUT2D eigenvalue weighted by atomic mass is 10.1. The zero-order valence-electron chi connectivity index (χ0n) is 16.8. The highest BCUT2D eigenvalue weighted by atomic mass is 16.5. The molecule has 0 fully saturated rings. The standard InChI is InChI=1S/C22H25N3O4/c1-4-28-19-11-10-18(12-20(19)29-5-2)22(27)24-14-21(26)25-15(3)17-8-6-16(13-23)7-9-17/h6-12,15H,4-5,14H2,1-3H3,(H,24,27)(H,25,26). The maximum absolute atomic E-state index is 12.4. The first kappa shape index (κ1) is 21.8. The molecule has 7 nitrogen and oxygen atoms in total. The van der Waals surface area contributed by atoms with E-state index in [1.807, 2.05) is 20.8 Å². The molecule has 0 spiro atoms. The number of carbonyl (C=O) groups excluding carboxylic acids is 2. The average molecular weight is 395 g/mol. The second-order valence-electron chi connectivity index (χ2n) is 6.23. The van der Waals surface area contributed by atoms with Gasteiger partial charge < -0.3 is 20.1 Å². The van der Waals surface area contributed by atoms with Gasteiger partial charge in [0, 0.05) is 5.56 Å². The molecule has 0 aliphatic carbocycles. The van der Waals surface area contributed by atoms with Crippen molar-refractivity contribution in [2.75, 3.05) is 19.8 Å². The molecule has 7 heteroatoms. The summed E-state index contributed by atoms with van der Waals surface area (Å²) in [5.41, 5.74) is 1.81. The molecular weight excluding hydrogens is 370 g/mol. The fourth-order valence-electron chi connectivity index (χ4n) is 2.68. The molecule has 2 N–H and O–H groups in total. The summed E-state index contributed by atoms with van der Waals surface area (Å²) >= 11 is 0. The van der Waals surface area contributed by atoms with Gasteiger partial charge in [0.1, 0.15) is 0 Å². The van der Waals surface area contributed by atoms with Crippen LogP contribution in [0.5, 0.6) is 11.5 Å². The van der Waals surface area contributed by atoms with Crippen molar-refractivity contribution in [1.29, 1.82) is 5.26 Å². The quantitative estimate of drug-likeness (QED) is 0.680. The summed E-state index contributed by atoms with van der Waals surface area (Å²) in [5, 5.41) is 14.3. The molecule has 0 aliphatic heterocycles. The van der Waals surface area contributed by atoms with Gasteiger partial charge in [-0.25, -0.2) is 0 Å². The van der Waals surface area contributed by atoms with Crippen LogP contribution in [0, 0.1) is 11.3 Å². The lowest BCUT2D eigenvalue weighted by molar-refractivity contribution is -0.120. The number of hydrogen-bond donors (Lipinski definition) is 2. The van der Waals surface area contributed by atoms with Gasteiger partial charge in [-0.05, 0) is 56.7 Å². The second kappa shape index (κ2) is 10.7. The minimum atomic E-state index is -0.379. The maximum atomic E-state index is 12.4. The Balaban J connectivity index is 1.92. The van der Waals surface area contributed by atoms with Gasteiger partial charge >= 0.3 is 0 Å². The predicted molar refractivity (Wildman–Crippen MR) is 109 cm³/mol. The van der Waals surface area contributed by atoms with E-state index in [2.05, 4.69) is 16.7 Å². The van der Waals surface area contributed by atoms with Crippen LogP contribution in [0.2, 0.25) is 0 Å². The molecule has 2 amide bonds. The topological polar surface area (TPSA) is 100 Å². The van der Waals surface area contributed by atoms with Gasteiger partial charge in [0.25, 0.3) is 5.91 Å². The van der Waals surface area contributed by atoms with E-state index < -0.39 is 0 Å². The summed E-state index contributed by atoms with van der Waals surface area (Å²) in [4.78, 5) is 24.6. The van der Waals surface area contributed by atoms with Crippen LogP contribution in [-0.4, -0.2) is 31.6 Å². The smallest absolute Gasteiger partial charge is 0.251 e. The van der Waals surface area contributed by atoms with Crippen LogP contribution in [0.15, 0.2) is 42.5 Å². The lowest BCUT2D eigenvalue weighted by Crippen LogP contribution is -2.38. The number of nitriles is 1. The molecule has 0 radical (unpaired) electrons. The number of ether oxygens (including phenoxy) is 2. The Morgan fingerprint density at radius 3 is 2.31 bits per heavy atom. The number of nitrogens with one attached hydrogen (secondary N) is 2. The van der Waals surface area contributed by atoms with Crippen LogP contribution in [-0.2, 0) is 4.79 Å².